The molecule has 0 aliphatic heterocycles. The maximum absolute atomic E-state index is 4.97. The highest BCUT2D eigenvalue weighted by Crippen LogP contribution is 2.42. The molecule has 3 heterocycles. The van der Waals surface area contributed by atoms with Crippen molar-refractivity contribution in [1.82, 2.24) is 19.1 Å². The number of hydrogen-bond donors (Lipinski definition) is 0. The van der Waals surface area contributed by atoms with E-state index in [1.54, 1.807) is 6.08 Å². The Labute approximate surface area is 265 Å². The van der Waals surface area contributed by atoms with E-state index in [9.17, 15) is 0 Å². The van der Waals surface area contributed by atoms with Gasteiger partial charge in [0.25, 0.3) is 0 Å². The van der Waals surface area contributed by atoms with Gasteiger partial charge in [0.05, 0.1) is 27.6 Å². The Hall–Kier alpha value is -6.26. The molecule has 0 aliphatic rings. The van der Waals surface area contributed by atoms with Crippen molar-refractivity contribution >= 4 is 71.5 Å². The molecule has 0 spiro atoms. The van der Waals surface area contributed by atoms with E-state index in [0.717, 1.165) is 21.9 Å². The number of fused-ring (bicyclic) bond motifs is 9. The highest BCUT2D eigenvalue weighted by Gasteiger charge is 2.18. The molecule has 0 saturated carbocycles. The topological polar surface area (TPSA) is 35.6 Å². The third-order valence-corrected chi connectivity index (χ3v) is 8.97. The Morgan fingerprint density at radius 3 is 2.15 bits per heavy atom. The van der Waals surface area contributed by atoms with Crippen molar-refractivity contribution in [3.05, 3.63) is 158 Å². The first-order chi connectivity index (χ1) is 22.8. The first-order valence-electron chi connectivity index (χ1n) is 15.5. The van der Waals surface area contributed by atoms with Gasteiger partial charge in [-0.05, 0) is 64.4 Å². The highest BCUT2D eigenvalue weighted by atomic mass is 15.2. The van der Waals surface area contributed by atoms with Crippen LogP contribution in [0.4, 0.5) is 0 Å². The zero-order chi connectivity index (χ0) is 30.6. The monoisotopic (exact) mass is 588 g/mol. The molecule has 0 amide bonds. The number of benzene rings is 6. The summed E-state index contributed by atoms with van der Waals surface area (Å²) in [7, 11) is 0. The summed E-state index contributed by atoms with van der Waals surface area (Å²) in [5.41, 5.74) is 7.81. The summed E-state index contributed by atoms with van der Waals surface area (Å²) in [6, 6.07) is 43.2. The lowest BCUT2D eigenvalue weighted by molar-refractivity contribution is 1.01. The molecule has 216 valence electrons. The summed E-state index contributed by atoms with van der Waals surface area (Å²) in [5, 5.41) is 8.35. The van der Waals surface area contributed by atoms with Gasteiger partial charge in [0.15, 0.2) is 0 Å². The van der Waals surface area contributed by atoms with E-state index < -0.39 is 0 Å². The second-order valence-electron chi connectivity index (χ2n) is 11.5. The van der Waals surface area contributed by atoms with Crippen LogP contribution in [0.25, 0.3) is 88.6 Å². The van der Waals surface area contributed by atoms with E-state index in [1.807, 2.05) is 42.6 Å². The zero-order valence-corrected chi connectivity index (χ0v) is 25.0. The quantitative estimate of drug-likeness (QED) is 0.188. The summed E-state index contributed by atoms with van der Waals surface area (Å²) in [4.78, 5) is 9.78. The fraction of sp³-hybridized carbons (Fsp3) is 0. The van der Waals surface area contributed by atoms with Crippen molar-refractivity contribution in [2.45, 2.75) is 0 Å². The van der Waals surface area contributed by atoms with Gasteiger partial charge in [-0.1, -0.05) is 110 Å². The summed E-state index contributed by atoms with van der Waals surface area (Å²) in [5.74, 6) is 0.673. The van der Waals surface area contributed by atoms with Crippen LogP contribution in [-0.4, -0.2) is 19.1 Å². The van der Waals surface area contributed by atoms with Gasteiger partial charge in [-0.25, -0.2) is 9.97 Å². The predicted octanol–water partition coefficient (Wildman–Crippen LogP) is 10.9. The van der Waals surface area contributed by atoms with Crippen LogP contribution in [0, 0.1) is 0 Å². The number of aromatic nitrogens is 4. The second-order valence-corrected chi connectivity index (χ2v) is 11.5. The van der Waals surface area contributed by atoms with E-state index in [1.165, 1.54) is 54.5 Å². The van der Waals surface area contributed by atoms with Crippen LogP contribution in [0.3, 0.4) is 0 Å². The Morgan fingerprint density at radius 2 is 1.28 bits per heavy atom. The first-order valence-corrected chi connectivity index (χ1v) is 15.5. The number of allylic oxidation sites excluding steroid dienone is 4. The Morgan fingerprint density at radius 1 is 0.565 bits per heavy atom. The molecular formula is C42H28N4. The summed E-state index contributed by atoms with van der Waals surface area (Å²) >= 11 is 0. The first kappa shape index (κ1) is 26.2. The van der Waals surface area contributed by atoms with E-state index >= 15 is 0 Å². The van der Waals surface area contributed by atoms with Crippen molar-refractivity contribution in [1.29, 1.82) is 0 Å². The molecular weight excluding hydrogens is 560 g/mol. The molecule has 0 radical (unpaired) electrons. The fourth-order valence-electron chi connectivity index (χ4n) is 6.96. The predicted molar refractivity (Wildman–Crippen MR) is 194 cm³/mol. The van der Waals surface area contributed by atoms with E-state index in [0.29, 0.717) is 5.95 Å². The summed E-state index contributed by atoms with van der Waals surface area (Å²) in [6.45, 7) is 3.81. The van der Waals surface area contributed by atoms with Crippen molar-refractivity contribution in [2.75, 3.05) is 0 Å². The normalized spacial score (nSPS) is 12.3. The van der Waals surface area contributed by atoms with Crippen molar-refractivity contribution in [3.63, 3.8) is 0 Å². The van der Waals surface area contributed by atoms with Crippen molar-refractivity contribution in [3.8, 4) is 17.1 Å². The molecule has 9 rings (SSSR count). The van der Waals surface area contributed by atoms with Crippen LogP contribution in [0.2, 0.25) is 0 Å². The van der Waals surface area contributed by atoms with Gasteiger partial charge in [-0.2, -0.15) is 0 Å². The van der Waals surface area contributed by atoms with E-state index in [2.05, 4.69) is 125 Å². The van der Waals surface area contributed by atoms with Crippen LogP contribution in [0.15, 0.2) is 158 Å². The van der Waals surface area contributed by atoms with E-state index in [4.69, 9.17) is 9.97 Å². The average Bonchev–Trinajstić information content (AvgIpc) is 3.62. The largest absolute Gasteiger partial charge is 0.316 e. The minimum absolute atomic E-state index is 0.673. The number of nitrogens with zero attached hydrogens (tertiary/aromatic N) is 4. The molecule has 0 fully saturated rings. The van der Waals surface area contributed by atoms with Crippen LogP contribution in [0.5, 0.6) is 0 Å². The lowest BCUT2D eigenvalue weighted by Crippen LogP contribution is -2.00. The Balaban J connectivity index is 1.32. The fourth-order valence-corrected chi connectivity index (χ4v) is 6.96. The molecule has 3 aromatic heterocycles. The molecule has 46 heavy (non-hydrogen) atoms. The molecule has 0 aliphatic carbocycles. The smallest absolute Gasteiger partial charge is 0.235 e. The summed E-state index contributed by atoms with van der Waals surface area (Å²) in [6.07, 6.45) is 11.9. The maximum Gasteiger partial charge on any atom is 0.235 e. The number of para-hydroxylation sites is 3. The van der Waals surface area contributed by atoms with Crippen LogP contribution < -0.4 is 0 Å². The minimum atomic E-state index is 0.673. The zero-order valence-electron chi connectivity index (χ0n) is 25.0. The van der Waals surface area contributed by atoms with Gasteiger partial charge in [0, 0.05) is 39.3 Å². The van der Waals surface area contributed by atoms with Gasteiger partial charge < -0.3 is 4.57 Å². The van der Waals surface area contributed by atoms with Gasteiger partial charge in [-0.3, -0.25) is 4.57 Å². The third kappa shape index (κ3) is 3.94. The van der Waals surface area contributed by atoms with Crippen LogP contribution >= 0.6 is 0 Å². The van der Waals surface area contributed by atoms with Crippen LogP contribution in [-0.2, 0) is 0 Å². The third-order valence-electron chi connectivity index (χ3n) is 8.97. The molecule has 0 unspecified atom stereocenters. The lowest BCUT2D eigenvalue weighted by Gasteiger charge is -2.11. The second kappa shape index (κ2) is 10.4. The lowest BCUT2D eigenvalue weighted by atomic mass is 9.94. The maximum atomic E-state index is 4.97. The van der Waals surface area contributed by atoms with Gasteiger partial charge >= 0.3 is 0 Å². The molecule has 0 atom stereocenters. The van der Waals surface area contributed by atoms with Crippen molar-refractivity contribution < 1.29 is 0 Å². The molecule has 9 aromatic rings. The van der Waals surface area contributed by atoms with E-state index in [-0.39, 0.29) is 0 Å². The minimum Gasteiger partial charge on any atom is -0.316 e. The highest BCUT2D eigenvalue weighted by molar-refractivity contribution is 6.24. The Bertz CT molecular complexity index is 2720. The number of hydrogen-bond acceptors (Lipinski definition) is 2. The van der Waals surface area contributed by atoms with Crippen molar-refractivity contribution in [2.24, 2.45) is 0 Å². The van der Waals surface area contributed by atoms with Gasteiger partial charge in [0.1, 0.15) is 0 Å². The number of rotatable bonds is 5. The molecule has 0 bridgehead atoms. The summed E-state index contributed by atoms with van der Waals surface area (Å²) < 4.78 is 4.48. The molecule has 0 N–H and O–H groups in total. The molecule has 4 heteroatoms. The Kier molecular flexibility index (Phi) is 5.93. The average molecular weight is 589 g/mol. The molecule has 6 aromatic carbocycles. The SMILES string of the molecule is C=C/C=C\C=C\n1c2ccccc2c2c3ccccc3c(-c3ccc4c(c3)c3ccccc3n4-c3ncc4ccccc4n3)cc21. The van der Waals surface area contributed by atoms with Gasteiger partial charge in [-0.15, -0.1) is 0 Å². The van der Waals surface area contributed by atoms with Gasteiger partial charge in [0.2, 0.25) is 5.95 Å². The molecule has 4 nitrogen and oxygen atoms in total. The van der Waals surface area contributed by atoms with Crippen LogP contribution in [0.1, 0.15) is 0 Å². The standard InChI is InChI=1S/C42H28N4/c1-2-3-4-13-24-45-37-20-11-9-18-33(37)41-32-17-7-6-15-30(32)34(26-40(41)45)28-22-23-39-35(25-28)31-16-8-12-21-38(31)46(39)42-43-27-29-14-5-10-19-36(29)44-42/h2-27H,1H2/b4-3-,24-13+. The molecule has 0 saturated heterocycles.